The van der Waals surface area contributed by atoms with Crippen molar-refractivity contribution in [1.82, 2.24) is 10.3 Å². The maximum atomic E-state index is 13.2. The zero-order valence-electron chi connectivity index (χ0n) is 12.4. The zero-order chi connectivity index (χ0) is 16.2. The minimum absolute atomic E-state index is 0.257. The summed E-state index contributed by atoms with van der Waals surface area (Å²) >= 11 is 3.07. The van der Waals surface area contributed by atoms with Crippen LogP contribution in [0.2, 0.25) is 0 Å². The van der Waals surface area contributed by atoms with E-state index in [9.17, 15) is 9.18 Å². The second-order valence-corrected chi connectivity index (χ2v) is 6.08. The van der Waals surface area contributed by atoms with Crippen LogP contribution in [0.1, 0.15) is 10.4 Å². The molecule has 0 atom stereocenters. The Hall–Kier alpha value is -1.99. The first-order valence-electron chi connectivity index (χ1n) is 7.31. The number of carbonyl (C=O) groups is 1. The van der Waals surface area contributed by atoms with Crippen molar-refractivity contribution in [3.8, 4) is 0 Å². The molecule has 0 unspecified atom stereocenters. The summed E-state index contributed by atoms with van der Waals surface area (Å²) in [5.41, 5.74) is 1.40. The molecule has 7 heteroatoms. The molecule has 0 spiro atoms. The van der Waals surface area contributed by atoms with E-state index >= 15 is 0 Å². The summed E-state index contributed by atoms with van der Waals surface area (Å²) in [6.07, 6.45) is 1.75. The molecule has 1 aliphatic heterocycles. The Labute approximate surface area is 142 Å². The van der Waals surface area contributed by atoms with Gasteiger partial charge in [-0.3, -0.25) is 4.79 Å². The lowest BCUT2D eigenvalue weighted by Crippen LogP contribution is -2.43. The first-order chi connectivity index (χ1) is 11.1. The molecule has 23 heavy (non-hydrogen) atoms. The second kappa shape index (κ2) is 7.06. The quantitative estimate of drug-likeness (QED) is 0.861. The first-order valence-corrected chi connectivity index (χ1v) is 8.11. The normalized spacial score (nSPS) is 14.6. The number of hydrogen-bond donors (Lipinski definition) is 2. The number of pyridine rings is 1. The van der Waals surface area contributed by atoms with Crippen LogP contribution in [0.5, 0.6) is 0 Å². The predicted molar refractivity (Wildman–Crippen MR) is 91.4 cm³/mol. The van der Waals surface area contributed by atoms with Crippen LogP contribution in [0.15, 0.2) is 41.0 Å². The molecule has 2 heterocycles. The van der Waals surface area contributed by atoms with Crippen LogP contribution in [0, 0.1) is 5.82 Å². The van der Waals surface area contributed by atoms with Gasteiger partial charge in [-0.05, 0) is 46.3 Å². The number of amides is 1. The molecule has 1 aliphatic rings. The van der Waals surface area contributed by atoms with Gasteiger partial charge >= 0.3 is 0 Å². The Morgan fingerprint density at radius 1 is 1.26 bits per heavy atom. The smallest absolute Gasteiger partial charge is 0.256 e. The lowest BCUT2D eigenvalue weighted by molar-refractivity contribution is 0.102. The van der Waals surface area contributed by atoms with E-state index < -0.39 is 5.82 Å². The van der Waals surface area contributed by atoms with Gasteiger partial charge in [0.05, 0.1) is 16.4 Å². The van der Waals surface area contributed by atoms with Crippen molar-refractivity contribution in [2.75, 3.05) is 36.4 Å². The van der Waals surface area contributed by atoms with Gasteiger partial charge in [-0.25, -0.2) is 9.37 Å². The van der Waals surface area contributed by atoms with Crippen molar-refractivity contribution in [3.63, 3.8) is 0 Å². The molecule has 2 N–H and O–H groups in total. The number of benzene rings is 1. The standard InChI is InChI=1S/C16H16BrFN4O/c17-13-9-11(1-3-14(13)18)16(23)21-15-4-2-12(10-20-15)22-7-5-19-6-8-22/h1-4,9-10,19H,5-8H2,(H,20,21,23). The topological polar surface area (TPSA) is 57.3 Å². The number of hydrogen-bond acceptors (Lipinski definition) is 4. The number of anilines is 2. The molecular weight excluding hydrogens is 363 g/mol. The minimum atomic E-state index is -0.403. The van der Waals surface area contributed by atoms with Gasteiger partial charge in [-0.1, -0.05) is 0 Å². The minimum Gasteiger partial charge on any atom is -0.368 e. The van der Waals surface area contributed by atoms with Crippen molar-refractivity contribution in [3.05, 3.63) is 52.4 Å². The monoisotopic (exact) mass is 378 g/mol. The summed E-state index contributed by atoms with van der Waals surface area (Å²) in [6, 6.07) is 7.84. The van der Waals surface area contributed by atoms with E-state index in [4.69, 9.17) is 0 Å². The average Bonchev–Trinajstić information content (AvgIpc) is 2.59. The number of nitrogens with one attached hydrogen (secondary N) is 2. The summed E-state index contributed by atoms with van der Waals surface area (Å²) < 4.78 is 13.5. The molecule has 0 saturated carbocycles. The van der Waals surface area contributed by atoms with Crippen molar-refractivity contribution >= 4 is 33.3 Å². The van der Waals surface area contributed by atoms with Crippen LogP contribution in [0.3, 0.4) is 0 Å². The molecule has 5 nitrogen and oxygen atoms in total. The fraction of sp³-hybridized carbons (Fsp3) is 0.250. The van der Waals surface area contributed by atoms with Gasteiger partial charge < -0.3 is 15.5 Å². The van der Waals surface area contributed by atoms with Crippen molar-refractivity contribution in [1.29, 1.82) is 0 Å². The third kappa shape index (κ3) is 3.86. The zero-order valence-corrected chi connectivity index (χ0v) is 13.9. The van der Waals surface area contributed by atoms with Crippen LogP contribution in [-0.2, 0) is 0 Å². The van der Waals surface area contributed by atoms with Gasteiger partial charge in [0.15, 0.2) is 0 Å². The number of piperazine rings is 1. The molecule has 0 bridgehead atoms. The van der Waals surface area contributed by atoms with E-state index in [2.05, 4.69) is 36.4 Å². The summed E-state index contributed by atoms with van der Waals surface area (Å²) in [6.45, 7) is 3.80. The molecule has 2 aromatic rings. The Morgan fingerprint density at radius 3 is 2.70 bits per heavy atom. The predicted octanol–water partition coefficient (Wildman–Crippen LogP) is 2.65. The molecule has 1 amide bonds. The molecule has 1 saturated heterocycles. The third-order valence-electron chi connectivity index (χ3n) is 3.65. The average molecular weight is 379 g/mol. The van der Waals surface area contributed by atoms with Gasteiger partial charge in [0.1, 0.15) is 11.6 Å². The SMILES string of the molecule is O=C(Nc1ccc(N2CCNCC2)cn1)c1ccc(F)c(Br)c1. The Morgan fingerprint density at radius 2 is 2.04 bits per heavy atom. The fourth-order valence-corrected chi connectivity index (χ4v) is 2.77. The highest BCUT2D eigenvalue weighted by Gasteiger charge is 2.12. The molecule has 1 fully saturated rings. The molecule has 3 rings (SSSR count). The van der Waals surface area contributed by atoms with Gasteiger partial charge in [-0.2, -0.15) is 0 Å². The van der Waals surface area contributed by atoms with Crippen LogP contribution in [0.25, 0.3) is 0 Å². The van der Waals surface area contributed by atoms with Crippen LogP contribution in [0.4, 0.5) is 15.9 Å². The van der Waals surface area contributed by atoms with E-state index in [-0.39, 0.29) is 10.4 Å². The van der Waals surface area contributed by atoms with Gasteiger partial charge in [0.25, 0.3) is 5.91 Å². The van der Waals surface area contributed by atoms with E-state index in [0.717, 1.165) is 31.9 Å². The third-order valence-corrected chi connectivity index (χ3v) is 4.26. The summed E-state index contributed by atoms with van der Waals surface area (Å²) in [5.74, 6) is -0.262. The van der Waals surface area contributed by atoms with Crippen molar-refractivity contribution in [2.45, 2.75) is 0 Å². The number of aromatic nitrogens is 1. The maximum absolute atomic E-state index is 13.2. The van der Waals surface area contributed by atoms with Crippen LogP contribution < -0.4 is 15.5 Å². The van der Waals surface area contributed by atoms with E-state index in [1.807, 2.05) is 6.07 Å². The van der Waals surface area contributed by atoms with Gasteiger partial charge in [0.2, 0.25) is 0 Å². The Balaban J connectivity index is 1.67. The van der Waals surface area contributed by atoms with Gasteiger partial charge in [0, 0.05) is 31.7 Å². The molecule has 120 valence electrons. The highest BCUT2D eigenvalue weighted by molar-refractivity contribution is 9.10. The van der Waals surface area contributed by atoms with E-state index in [0.29, 0.717) is 11.4 Å². The number of rotatable bonds is 3. The highest BCUT2D eigenvalue weighted by atomic mass is 79.9. The molecule has 1 aromatic heterocycles. The maximum Gasteiger partial charge on any atom is 0.256 e. The van der Waals surface area contributed by atoms with E-state index in [1.165, 1.54) is 18.2 Å². The lowest BCUT2D eigenvalue weighted by Gasteiger charge is -2.29. The highest BCUT2D eigenvalue weighted by Crippen LogP contribution is 2.19. The van der Waals surface area contributed by atoms with Crippen molar-refractivity contribution in [2.24, 2.45) is 0 Å². The lowest BCUT2D eigenvalue weighted by atomic mass is 10.2. The summed E-state index contributed by atoms with van der Waals surface area (Å²) in [4.78, 5) is 18.7. The Kier molecular flexibility index (Phi) is 4.88. The second-order valence-electron chi connectivity index (χ2n) is 5.22. The van der Waals surface area contributed by atoms with Crippen LogP contribution in [-0.4, -0.2) is 37.1 Å². The number of nitrogens with zero attached hydrogens (tertiary/aromatic N) is 2. The summed E-state index contributed by atoms with van der Waals surface area (Å²) in [7, 11) is 0. The van der Waals surface area contributed by atoms with Crippen LogP contribution >= 0.6 is 15.9 Å². The summed E-state index contributed by atoms with van der Waals surface area (Å²) in [5, 5.41) is 6.01. The molecule has 0 aliphatic carbocycles. The van der Waals surface area contributed by atoms with E-state index in [1.54, 1.807) is 12.3 Å². The molecule has 1 aromatic carbocycles. The van der Waals surface area contributed by atoms with Crippen molar-refractivity contribution < 1.29 is 9.18 Å². The van der Waals surface area contributed by atoms with Gasteiger partial charge in [-0.15, -0.1) is 0 Å². The Bertz CT molecular complexity index is 702. The molecule has 0 radical (unpaired) electrons. The number of carbonyl (C=O) groups excluding carboxylic acids is 1. The largest absolute Gasteiger partial charge is 0.368 e. The fourth-order valence-electron chi connectivity index (χ4n) is 2.40. The first kappa shape index (κ1) is 15.9. The number of halogens is 2. The molecular formula is C16H16BrFN4O.